The molecular formula is C17H20ClFN4O. The van der Waals surface area contributed by atoms with Gasteiger partial charge in [0, 0.05) is 24.7 Å². The lowest BCUT2D eigenvalue weighted by molar-refractivity contribution is 0.0662. The van der Waals surface area contributed by atoms with Gasteiger partial charge in [0.1, 0.15) is 5.82 Å². The van der Waals surface area contributed by atoms with E-state index in [1.807, 2.05) is 11.8 Å². The van der Waals surface area contributed by atoms with Crippen LogP contribution in [-0.2, 0) is 0 Å². The van der Waals surface area contributed by atoms with Gasteiger partial charge in [-0.3, -0.25) is 9.89 Å². The van der Waals surface area contributed by atoms with Crippen LogP contribution in [0.3, 0.4) is 0 Å². The summed E-state index contributed by atoms with van der Waals surface area (Å²) in [6.45, 7) is 3.32. The maximum Gasteiger partial charge on any atom is 0.257 e. The number of nitrogens with two attached hydrogens (primary N) is 1. The Kier molecular flexibility index (Phi) is 4.87. The van der Waals surface area contributed by atoms with Crippen LogP contribution in [0.15, 0.2) is 24.4 Å². The molecular weight excluding hydrogens is 331 g/mol. The van der Waals surface area contributed by atoms with Crippen LogP contribution in [0.2, 0.25) is 5.02 Å². The van der Waals surface area contributed by atoms with Crippen molar-refractivity contribution in [1.29, 1.82) is 0 Å². The fourth-order valence-electron chi connectivity index (χ4n) is 3.11. The average molecular weight is 351 g/mol. The van der Waals surface area contributed by atoms with Gasteiger partial charge < -0.3 is 10.6 Å². The number of carbonyl (C=O) groups excluding carboxylic acids is 1. The molecule has 3 rings (SSSR count). The summed E-state index contributed by atoms with van der Waals surface area (Å²) >= 11 is 5.85. The van der Waals surface area contributed by atoms with E-state index in [9.17, 15) is 9.18 Å². The highest BCUT2D eigenvalue weighted by Gasteiger charge is 2.28. The van der Waals surface area contributed by atoms with Gasteiger partial charge in [0.15, 0.2) is 0 Å². The molecule has 0 bridgehead atoms. The molecule has 0 radical (unpaired) electrons. The maximum absolute atomic E-state index is 13.4. The summed E-state index contributed by atoms with van der Waals surface area (Å²) in [6, 6.07) is 4.40. The molecule has 1 saturated heterocycles. The maximum atomic E-state index is 13.4. The lowest BCUT2D eigenvalue weighted by Crippen LogP contribution is -2.45. The van der Waals surface area contributed by atoms with Crippen molar-refractivity contribution in [2.24, 2.45) is 11.7 Å². The first kappa shape index (κ1) is 16.9. The average Bonchev–Trinajstić information content (AvgIpc) is 3.06. The zero-order valence-corrected chi connectivity index (χ0v) is 14.2. The van der Waals surface area contributed by atoms with Gasteiger partial charge in [0.25, 0.3) is 5.91 Å². The number of rotatable bonds is 3. The molecule has 0 saturated carbocycles. The molecule has 3 N–H and O–H groups in total. The highest BCUT2D eigenvalue weighted by Crippen LogP contribution is 2.28. The Morgan fingerprint density at radius 2 is 2.33 bits per heavy atom. The van der Waals surface area contributed by atoms with Crippen molar-refractivity contribution in [2.45, 2.75) is 25.8 Å². The predicted octanol–water partition coefficient (Wildman–Crippen LogP) is 3.07. The second-order valence-corrected chi connectivity index (χ2v) is 6.71. The molecule has 2 atom stereocenters. The van der Waals surface area contributed by atoms with Crippen LogP contribution in [0, 0.1) is 11.7 Å². The van der Waals surface area contributed by atoms with E-state index in [2.05, 4.69) is 10.2 Å². The Bertz CT molecular complexity index is 746. The Morgan fingerprint density at radius 3 is 3.04 bits per heavy atom. The van der Waals surface area contributed by atoms with E-state index in [1.54, 1.807) is 6.07 Å². The number of nitrogens with zero attached hydrogens (tertiary/aromatic N) is 2. The van der Waals surface area contributed by atoms with Crippen LogP contribution in [-0.4, -0.2) is 40.1 Å². The summed E-state index contributed by atoms with van der Waals surface area (Å²) in [5, 5.41) is 6.82. The molecule has 1 fully saturated rings. The van der Waals surface area contributed by atoms with Gasteiger partial charge in [-0.1, -0.05) is 11.6 Å². The molecule has 0 unspecified atom stereocenters. The number of piperidine rings is 1. The zero-order chi connectivity index (χ0) is 17.3. The number of nitrogens with one attached hydrogen (secondary N) is 1. The number of likely N-dealkylation sites (tertiary alicyclic amines) is 1. The number of hydrogen-bond donors (Lipinski definition) is 2. The summed E-state index contributed by atoms with van der Waals surface area (Å²) in [5.41, 5.74) is 7.63. The number of aromatic nitrogens is 2. The molecule has 7 heteroatoms. The normalized spacial score (nSPS) is 19.3. The van der Waals surface area contributed by atoms with E-state index >= 15 is 0 Å². The number of benzene rings is 1. The van der Waals surface area contributed by atoms with Gasteiger partial charge >= 0.3 is 0 Å². The first-order valence-electron chi connectivity index (χ1n) is 8.01. The van der Waals surface area contributed by atoms with E-state index in [1.165, 1.54) is 18.3 Å². The molecule has 24 heavy (non-hydrogen) atoms. The monoisotopic (exact) mass is 350 g/mol. The topological polar surface area (TPSA) is 75.0 Å². The predicted molar refractivity (Wildman–Crippen MR) is 91.3 cm³/mol. The number of H-pyrrole nitrogens is 1. The molecule has 1 amide bonds. The fraction of sp³-hybridized carbons (Fsp3) is 0.412. The number of hydrogen-bond acceptors (Lipinski definition) is 3. The minimum absolute atomic E-state index is 0.00971. The van der Waals surface area contributed by atoms with Crippen molar-refractivity contribution in [3.05, 3.63) is 40.8 Å². The quantitative estimate of drug-likeness (QED) is 0.893. The SMILES string of the molecule is C[C@@H](N)[C@@H]1CCCN(C(=O)c2cn[nH]c2-c2ccc(F)c(Cl)c2)C1. The van der Waals surface area contributed by atoms with Crippen LogP contribution >= 0.6 is 11.6 Å². The molecule has 1 aromatic carbocycles. The van der Waals surface area contributed by atoms with E-state index in [0.717, 1.165) is 12.8 Å². The molecule has 0 aliphatic carbocycles. The van der Waals surface area contributed by atoms with Gasteiger partial charge in [-0.25, -0.2) is 4.39 Å². The zero-order valence-electron chi connectivity index (χ0n) is 13.4. The van der Waals surface area contributed by atoms with Crippen LogP contribution in [0.5, 0.6) is 0 Å². The molecule has 2 heterocycles. The van der Waals surface area contributed by atoms with E-state index < -0.39 is 5.82 Å². The standard InChI is InChI=1S/C17H20ClFN4O/c1-10(20)12-3-2-6-23(9-12)17(24)13-8-21-22-16(13)11-4-5-15(19)14(18)7-11/h4-5,7-8,10,12H,2-3,6,9,20H2,1H3,(H,21,22)/t10-,12-/m1/s1. The van der Waals surface area contributed by atoms with E-state index in [0.29, 0.717) is 35.8 Å². The highest BCUT2D eigenvalue weighted by molar-refractivity contribution is 6.31. The van der Waals surface area contributed by atoms with Gasteiger partial charge in [-0.15, -0.1) is 0 Å². The molecule has 1 aromatic heterocycles. The summed E-state index contributed by atoms with van der Waals surface area (Å²) < 4.78 is 13.4. The Balaban J connectivity index is 1.86. The van der Waals surface area contributed by atoms with Crippen LogP contribution < -0.4 is 5.73 Å². The lowest BCUT2D eigenvalue weighted by atomic mass is 9.91. The van der Waals surface area contributed by atoms with Crippen molar-refractivity contribution in [1.82, 2.24) is 15.1 Å². The van der Waals surface area contributed by atoms with Crippen LogP contribution in [0.25, 0.3) is 11.3 Å². The Hall–Kier alpha value is -1.92. The Morgan fingerprint density at radius 1 is 1.54 bits per heavy atom. The number of halogens is 2. The fourth-order valence-corrected chi connectivity index (χ4v) is 3.29. The Labute approximate surface area is 145 Å². The molecule has 1 aliphatic rings. The molecule has 0 spiro atoms. The summed E-state index contributed by atoms with van der Waals surface area (Å²) in [4.78, 5) is 14.7. The first-order chi connectivity index (χ1) is 11.5. The molecule has 5 nitrogen and oxygen atoms in total. The van der Waals surface area contributed by atoms with Crippen LogP contribution in [0.1, 0.15) is 30.1 Å². The minimum Gasteiger partial charge on any atom is -0.338 e. The third-order valence-electron chi connectivity index (χ3n) is 4.57. The van der Waals surface area contributed by atoms with Crippen molar-refractivity contribution in [2.75, 3.05) is 13.1 Å². The molecule has 1 aliphatic heterocycles. The lowest BCUT2D eigenvalue weighted by Gasteiger charge is -2.34. The van der Waals surface area contributed by atoms with Crippen LogP contribution in [0.4, 0.5) is 4.39 Å². The van der Waals surface area contributed by atoms with Gasteiger partial charge in [0.05, 0.1) is 22.5 Å². The number of amides is 1. The first-order valence-corrected chi connectivity index (χ1v) is 8.39. The summed E-state index contributed by atoms with van der Waals surface area (Å²) in [5.74, 6) is -0.286. The number of carbonyl (C=O) groups is 1. The van der Waals surface area contributed by atoms with Crippen molar-refractivity contribution >= 4 is 17.5 Å². The molecule has 2 aromatic rings. The summed E-state index contributed by atoms with van der Waals surface area (Å²) in [6.07, 6.45) is 3.48. The second kappa shape index (κ2) is 6.91. The van der Waals surface area contributed by atoms with Gasteiger partial charge in [-0.05, 0) is 43.9 Å². The van der Waals surface area contributed by atoms with Gasteiger partial charge in [0.2, 0.25) is 0 Å². The van der Waals surface area contributed by atoms with Crippen molar-refractivity contribution < 1.29 is 9.18 Å². The smallest absolute Gasteiger partial charge is 0.257 e. The van der Waals surface area contributed by atoms with Crippen molar-refractivity contribution in [3.8, 4) is 11.3 Å². The number of aromatic amines is 1. The third-order valence-corrected chi connectivity index (χ3v) is 4.86. The van der Waals surface area contributed by atoms with Gasteiger partial charge in [-0.2, -0.15) is 5.10 Å². The largest absolute Gasteiger partial charge is 0.338 e. The van der Waals surface area contributed by atoms with E-state index in [4.69, 9.17) is 17.3 Å². The highest BCUT2D eigenvalue weighted by atomic mass is 35.5. The minimum atomic E-state index is -0.497. The molecule has 128 valence electrons. The second-order valence-electron chi connectivity index (χ2n) is 6.30. The third kappa shape index (κ3) is 3.30. The summed E-state index contributed by atoms with van der Waals surface area (Å²) in [7, 11) is 0. The van der Waals surface area contributed by atoms with E-state index in [-0.39, 0.29) is 17.0 Å². The van der Waals surface area contributed by atoms with Crippen molar-refractivity contribution in [3.63, 3.8) is 0 Å².